The Morgan fingerprint density at radius 1 is 1.38 bits per heavy atom. The first-order valence-electron chi connectivity index (χ1n) is 5.38. The molecule has 0 unspecified atom stereocenters. The lowest BCUT2D eigenvalue weighted by atomic mass is 10.0. The molecular formula is C13H18N2O. The summed E-state index contributed by atoms with van der Waals surface area (Å²) in [5.41, 5.74) is 7.20. The van der Waals surface area contributed by atoms with Crippen molar-refractivity contribution in [3.63, 3.8) is 0 Å². The number of hydrogen-bond acceptors (Lipinski definition) is 3. The van der Waals surface area contributed by atoms with Crippen LogP contribution in [0.1, 0.15) is 31.9 Å². The molecule has 3 heteroatoms. The van der Waals surface area contributed by atoms with Crippen LogP contribution in [0.4, 0.5) is 0 Å². The third-order valence-electron chi connectivity index (χ3n) is 2.06. The van der Waals surface area contributed by atoms with Gasteiger partial charge in [-0.2, -0.15) is 5.26 Å². The molecule has 1 aromatic carbocycles. The van der Waals surface area contributed by atoms with Gasteiger partial charge in [0.25, 0.3) is 0 Å². The number of carbonyl (C=O) groups excluding carboxylic acids is 1. The van der Waals surface area contributed by atoms with Gasteiger partial charge in [0.05, 0.1) is 17.7 Å². The van der Waals surface area contributed by atoms with Crippen molar-refractivity contribution in [1.82, 2.24) is 0 Å². The summed E-state index contributed by atoms with van der Waals surface area (Å²) >= 11 is 0. The van der Waals surface area contributed by atoms with E-state index in [9.17, 15) is 4.79 Å². The molecule has 1 rings (SSSR count). The predicted molar refractivity (Wildman–Crippen MR) is 64.9 cm³/mol. The van der Waals surface area contributed by atoms with E-state index >= 15 is 0 Å². The van der Waals surface area contributed by atoms with E-state index in [-0.39, 0.29) is 5.78 Å². The highest BCUT2D eigenvalue weighted by Gasteiger charge is 2.08. The maximum absolute atomic E-state index is 10.9. The number of rotatable bonds is 3. The van der Waals surface area contributed by atoms with E-state index in [1.165, 1.54) is 6.92 Å². The maximum atomic E-state index is 10.9. The molecule has 0 aliphatic heterocycles. The lowest BCUT2D eigenvalue weighted by molar-refractivity contribution is -0.118. The Balaban J connectivity index is 0.00000106. The third-order valence-corrected chi connectivity index (χ3v) is 2.06. The third kappa shape index (κ3) is 4.72. The monoisotopic (exact) mass is 218 g/mol. The van der Waals surface area contributed by atoms with Crippen molar-refractivity contribution in [1.29, 1.82) is 5.26 Å². The number of ketones is 1. The summed E-state index contributed by atoms with van der Waals surface area (Å²) in [6.45, 7) is 5.48. The zero-order valence-corrected chi connectivity index (χ0v) is 10.0. The van der Waals surface area contributed by atoms with Crippen LogP contribution in [0.3, 0.4) is 0 Å². The Bertz CT molecular complexity index is 363. The molecule has 2 N–H and O–H groups in total. The molecule has 0 spiro atoms. The molecule has 86 valence electrons. The number of carbonyl (C=O) groups is 1. The number of benzene rings is 1. The molecule has 0 aliphatic rings. The second-order valence-corrected chi connectivity index (χ2v) is 3.23. The summed E-state index contributed by atoms with van der Waals surface area (Å²) in [7, 11) is 0. The van der Waals surface area contributed by atoms with Crippen molar-refractivity contribution in [2.24, 2.45) is 5.73 Å². The van der Waals surface area contributed by atoms with E-state index in [2.05, 4.69) is 0 Å². The summed E-state index contributed by atoms with van der Waals surface area (Å²) in [5.74, 6) is -0.0191. The van der Waals surface area contributed by atoms with Crippen LogP contribution in [0.2, 0.25) is 0 Å². The fourth-order valence-corrected chi connectivity index (χ4v) is 1.11. The molecule has 3 nitrogen and oxygen atoms in total. The van der Waals surface area contributed by atoms with Crippen LogP contribution in [0, 0.1) is 11.3 Å². The summed E-state index contributed by atoms with van der Waals surface area (Å²) < 4.78 is 0. The maximum Gasteiger partial charge on any atom is 0.146 e. The van der Waals surface area contributed by atoms with Crippen LogP contribution in [0.25, 0.3) is 0 Å². The van der Waals surface area contributed by atoms with Crippen LogP contribution in [-0.2, 0) is 11.2 Å². The summed E-state index contributed by atoms with van der Waals surface area (Å²) in [6.07, 6.45) is 0.529. The molecule has 1 atom stereocenters. The van der Waals surface area contributed by atoms with Gasteiger partial charge in [0, 0.05) is 0 Å². The molecule has 0 saturated carbocycles. The van der Waals surface area contributed by atoms with Crippen LogP contribution < -0.4 is 5.73 Å². The standard InChI is InChI=1S/C11H12N2O.C2H6/c1-8(14)11(13)6-9-2-4-10(7-12)5-3-9;1-2/h2-5,11H,6,13H2,1H3;1-2H3/t11-;/m1./s1. The fourth-order valence-electron chi connectivity index (χ4n) is 1.11. The molecule has 0 fully saturated rings. The van der Waals surface area contributed by atoms with Gasteiger partial charge in [-0.05, 0) is 31.0 Å². The van der Waals surface area contributed by atoms with Crippen molar-refractivity contribution < 1.29 is 4.79 Å². The SMILES string of the molecule is CC.CC(=O)[C@H](N)Cc1ccc(C#N)cc1. The first kappa shape index (κ1) is 14.3. The molecule has 0 amide bonds. The van der Waals surface area contributed by atoms with E-state index in [1.54, 1.807) is 12.1 Å². The topological polar surface area (TPSA) is 66.9 Å². The van der Waals surface area contributed by atoms with Crippen molar-refractivity contribution in [3.05, 3.63) is 35.4 Å². The van der Waals surface area contributed by atoms with E-state index in [0.717, 1.165) is 5.56 Å². The zero-order chi connectivity index (χ0) is 12.6. The van der Waals surface area contributed by atoms with Gasteiger partial charge >= 0.3 is 0 Å². The van der Waals surface area contributed by atoms with E-state index < -0.39 is 6.04 Å². The Hall–Kier alpha value is -1.66. The summed E-state index contributed by atoms with van der Waals surface area (Å²) in [6, 6.07) is 8.68. The summed E-state index contributed by atoms with van der Waals surface area (Å²) in [4.78, 5) is 10.9. The van der Waals surface area contributed by atoms with Gasteiger partial charge < -0.3 is 5.73 Å². The van der Waals surface area contributed by atoms with Gasteiger partial charge in [-0.15, -0.1) is 0 Å². The largest absolute Gasteiger partial charge is 0.321 e. The van der Waals surface area contributed by atoms with Gasteiger partial charge in [-0.25, -0.2) is 0 Å². The molecule has 0 saturated heterocycles. The van der Waals surface area contributed by atoms with Crippen LogP contribution in [-0.4, -0.2) is 11.8 Å². The van der Waals surface area contributed by atoms with Gasteiger partial charge in [0.1, 0.15) is 5.78 Å². The highest BCUT2D eigenvalue weighted by atomic mass is 16.1. The fraction of sp³-hybridized carbons (Fsp3) is 0.385. The van der Waals surface area contributed by atoms with E-state index in [0.29, 0.717) is 12.0 Å². The van der Waals surface area contributed by atoms with Gasteiger partial charge in [-0.3, -0.25) is 4.79 Å². The van der Waals surface area contributed by atoms with E-state index in [1.807, 2.05) is 32.0 Å². The predicted octanol–water partition coefficient (Wildman–Crippen LogP) is 2.04. The minimum Gasteiger partial charge on any atom is -0.321 e. The number of nitriles is 1. The number of nitrogens with two attached hydrogens (primary N) is 1. The minimum absolute atomic E-state index is 0.0191. The smallest absolute Gasteiger partial charge is 0.146 e. The first-order chi connectivity index (χ1) is 7.63. The summed E-state index contributed by atoms with van der Waals surface area (Å²) in [5, 5.41) is 8.57. The van der Waals surface area contributed by atoms with Crippen LogP contribution in [0.15, 0.2) is 24.3 Å². The Kier molecular flexibility index (Phi) is 6.82. The molecule has 16 heavy (non-hydrogen) atoms. The second kappa shape index (κ2) is 7.61. The van der Waals surface area contributed by atoms with Crippen molar-refractivity contribution >= 4 is 5.78 Å². The molecule has 0 radical (unpaired) electrons. The minimum atomic E-state index is -0.442. The van der Waals surface area contributed by atoms with Crippen LogP contribution >= 0.6 is 0 Å². The Labute approximate surface area is 96.9 Å². The molecule has 1 aromatic rings. The number of nitrogens with zero attached hydrogens (tertiary/aromatic N) is 1. The number of hydrogen-bond donors (Lipinski definition) is 1. The highest BCUT2D eigenvalue weighted by Crippen LogP contribution is 2.05. The molecular weight excluding hydrogens is 200 g/mol. The normalized spacial score (nSPS) is 10.7. The Morgan fingerprint density at radius 2 is 1.88 bits per heavy atom. The van der Waals surface area contributed by atoms with E-state index in [4.69, 9.17) is 11.0 Å². The molecule has 0 aromatic heterocycles. The molecule has 0 aliphatic carbocycles. The Morgan fingerprint density at radius 3 is 2.25 bits per heavy atom. The number of Topliss-reactive ketones (excluding diaryl/α,β-unsaturated/α-hetero) is 1. The molecule has 0 bridgehead atoms. The zero-order valence-electron chi connectivity index (χ0n) is 10.0. The quantitative estimate of drug-likeness (QED) is 0.844. The van der Waals surface area contributed by atoms with Gasteiger partial charge in [0.15, 0.2) is 0 Å². The first-order valence-corrected chi connectivity index (χ1v) is 5.38. The van der Waals surface area contributed by atoms with Crippen molar-refractivity contribution in [2.75, 3.05) is 0 Å². The lowest BCUT2D eigenvalue weighted by Crippen LogP contribution is -2.30. The second-order valence-electron chi connectivity index (χ2n) is 3.23. The van der Waals surface area contributed by atoms with Crippen molar-refractivity contribution in [3.8, 4) is 6.07 Å². The average molecular weight is 218 g/mol. The van der Waals surface area contributed by atoms with Crippen molar-refractivity contribution in [2.45, 2.75) is 33.2 Å². The average Bonchev–Trinajstić information content (AvgIpc) is 2.32. The van der Waals surface area contributed by atoms with Crippen LogP contribution in [0.5, 0.6) is 0 Å². The van der Waals surface area contributed by atoms with Gasteiger partial charge in [-0.1, -0.05) is 26.0 Å². The lowest BCUT2D eigenvalue weighted by Gasteiger charge is -2.06. The van der Waals surface area contributed by atoms with Gasteiger partial charge in [0.2, 0.25) is 0 Å². The molecule has 0 heterocycles. The highest BCUT2D eigenvalue weighted by molar-refractivity contribution is 5.81.